The fourth-order valence-electron chi connectivity index (χ4n) is 3.09. The molecule has 0 radical (unpaired) electrons. The highest BCUT2D eigenvalue weighted by atomic mass is 79.9. The van der Waals surface area contributed by atoms with Crippen molar-refractivity contribution in [3.8, 4) is 0 Å². The first-order valence-electron chi connectivity index (χ1n) is 8.99. The van der Waals surface area contributed by atoms with Gasteiger partial charge in [0.2, 0.25) is 10.0 Å². The molecule has 3 rings (SSSR count). The van der Waals surface area contributed by atoms with Gasteiger partial charge >= 0.3 is 0 Å². The standard InChI is InChI=1S/C20H23BrN2O3S/c1-15-8-10-23(11-9-15)27(25,26)19-7-2-4-16(12-19)20(24)14-22-18-6-3-5-17(21)13-18/h2-7,12-13,15,22H,8-11,14H2,1H3. The third kappa shape index (κ3) is 4.97. The van der Waals surface area contributed by atoms with E-state index in [2.05, 4.69) is 28.2 Å². The van der Waals surface area contributed by atoms with Crippen molar-refractivity contribution in [2.24, 2.45) is 5.92 Å². The van der Waals surface area contributed by atoms with E-state index in [1.54, 1.807) is 18.2 Å². The van der Waals surface area contributed by atoms with Crippen LogP contribution < -0.4 is 5.32 Å². The SMILES string of the molecule is CC1CCN(S(=O)(=O)c2cccc(C(=O)CNc3cccc(Br)c3)c2)CC1. The summed E-state index contributed by atoms with van der Waals surface area (Å²) in [6.45, 7) is 3.31. The Labute approximate surface area is 169 Å². The van der Waals surface area contributed by atoms with E-state index in [0.29, 0.717) is 24.6 Å². The van der Waals surface area contributed by atoms with Crippen molar-refractivity contribution in [1.82, 2.24) is 4.31 Å². The molecule has 0 saturated carbocycles. The van der Waals surface area contributed by atoms with Gasteiger partial charge in [0, 0.05) is 28.8 Å². The first kappa shape index (κ1) is 20.0. The van der Waals surface area contributed by atoms with Gasteiger partial charge in [-0.25, -0.2) is 8.42 Å². The number of Topliss-reactive ketones (excluding diaryl/α,β-unsaturated/α-hetero) is 1. The van der Waals surface area contributed by atoms with Gasteiger partial charge in [-0.05, 0) is 49.1 Å². The van der Waals surface area contributed by atoms with Gasteiger partial charge < -0.3 is 5.32 Å². The molecule has 0 unspecified atom stereocenters. The van der Waals surface area contributed by atoms with E-state index in [4.69, 9.17) is 0 Å². The lowest BCUT2D eigenvalue weighted by molar-refractivity contribution is 0.101. The summed E-state index contributed by atoms with van der Waals surface area (Å²) >= 11 is 3.39. The van der Waals surface area contributed by atoms with E-state index in [1.807, 2.05) is 24.3 Å². The topological polar surface area (TPSA) is 66.5 Å². The van der Waals surface area contributed by atoms with Crippen LogP contribution in [0.1, 0.15) is 30.1 Å². The van der Waals surface area contributed by atoms with Gasteiger partial charge in [-0.3, -0.25) is 4.79 Å². The maximum absolute atomic E-state index is 12.9. The molecule has 5 nitrogen and oxygen atoms in total. The Kier molecular flexibility index (Phi) is 6.34. The number of halogens is 1. The molecule has 0 aromatic heterocycles. The second-order valence-electron chi connectivity index (χ2n) is 6.90. The minimum Gasteiger partial charge on any atom is -0.378 e. The molecule has 1 fully saturated rings. The van der Waals surface area contributed by atoms with Crippen molar-refractivity contribution in [3.63, 3.8) is 0 Å². The molecule has 1 saturated heterocycles. The number of nitrogens with one attached hydrogen (secondary N) is 1. The molecular formula is C20H23BrN2O3S. The first-order valence-corrected chi connectivity index (χ1v) is 11.2. The minimum atomic E-state index is -3.56. The Balaban J connectivity index is 1.71. The molecule has 1 N–H and O–H groups in total. The summed E-state index contributed by atoms with van der Waals surface area (Å²) < 4.78 is 28.2. The van der Waals surface area contributed by atoms with Crippen LogP contribution in [0, 0.1) is 5.92 Å². The van der Waals surface area contributed by atoms with Crippen LogP contribution in [0.15, 0.2) is 57.9 Å². The zero-order valence-corrected chi connectivity index (χ0v) is 17.6. The molecule has 1 aliphatic rings. The molecule has 144 valence electrons. The summed E-state index contributed by atoms with van der Waals surface area (Å²) in [7, 11) is -3.56. The quantitative estimate of drug-likeness (QED) is 0.670. The van der Waals surface area contributed by atoms with Crippen LogP contribution in [0.5, 0.6) is 0 Å². The van der Waals surface area contributed by atoms with Gasteiger partial charge in [-0.1, -0.05) is 41.1 Å². The lowest BCUT2D eigenvalue weighted by atomic mass is 10.0. The zero-order valence-electron chi connectivity index (χ0n) is 15.2. The summed E-state index contributed by atoms with van der Waals surface area (Å²) in [5.74, 6) is 0.396. The monoisotopic (exact) mass is 450 g/mol. The van der Waals surface area contributed by atoms with Crippen molar-refractivity contribution >= 4 is 37.4 Å². The molecule has 0 spiro atoms. The van der Waals surface area contributed by atoms with Gasteiger partial charge in [0.1, 0.15) is 0 Å². The van der Waals surface area contributed by atoms with Crippen LogP contribution in [0.25, 0.3) is 0 Å². The smallest absolute Gasteiger partial charge is 0.243 e. The van der Waals surface area contributed by atoms with Gasteiger partial charge in [0.25, 0.3) is 0 Å². The molecule has 0 atom stereocenters. The van der Waals surface area contributed by atoms with Crippen molar-refractivity contribution < 1.29 is 13.2 Å². The number of hydrogen-bond donors (Lipinski definition) is 1. The molecule has 0 bridgehead atoms. The fraction of sp³-hybridized carbons (Fsp3) is 0.350. The predicted octanol–water partition coefficient (Wildman–Crippen LogP) is 4.16. The average Bonchev–Trinajstić information content (AvgIpc) is 2.66. The molecule has 27 heavy (non-hydrogen) atoms. The maximum atomic E-state index is 12.9. The van der Waals surface area contributed by atoms with Crippen LogP contribution in [-0.4, -0.2) is 38.1 Å². The third-order valence-electron chi connectivity index (χ3n) is 4.81. The van der Waals surface area contributed by atoms with Crippen LogP contribution in [0.3, 0.4) is 0 Å². The third-order valence-corrected chi connectivity index (χ3v) is 7.20. The number of sulfonamides is 1. The molecule has 0 aliphatic carbocycles. The van der Waals surface area contributed by atoms with Gasteiger partial charge in [0.15, 0.2) is 5.78 Å². The number of ketones is 1. The largest absolute Gasteiger partial charge is 0.378 e. The maximum Gasteiger partial charge on any atom is 0.243 e. The number of rotatable bonds is 6. The minimum absolute atomic E-state index is 0.0984. The normalized spacial score (nSPS) is 16.2. The van der Waals surface area contributed by atoms with E-state index < -0.39 is 10.0 Å². The number of carbonyl (C=O) groups excluding carboxylic acids is 1. The lowest BCUT2D eigenvalue weighted by Crippen LogP contribution is -2.37. The Hall–Kier alpha value is -1.70. The summed E-state index contributed by atoms with van der Waals surface area (Å²) in [6, 6.07) is 13.9. The highest BCUT2D eigenvalue weighted by molar-refractivity contribution is 9.10. The molecule has 0 amide bonds. The van der Waals surface area contributed by atoms with Crippen molar-refractivity contribution in [2.75, 3.05) is 25.0 Å². The van der Waals surface area contributed by atoms with Gasteiger partial charge in [0.05, 0.1) is 11.4 Å². The van der Waals surface area contributed by atoms with Crippen LogP contribution >= 0.6 is 15.9 Å². The first-order chi connectivity index (χ1) is 12.9. The molecular weight excluding hydrogens is 428 g/mol. The van der Waals surface area contributed by atoms with Crippen LogP contribution in [0.2, 0.25) is 0 Å². The van der Waals surface area contributed by atoms with Crippen LogP contribution in [0.4, 0.5) is 5.69 Å². The molecule has 2 aromatic rings. The molecule has 1 aliphatic heterocycles. The van der Waals surface area contributed by atoms with Crippen molar-refractivity contribution in [3.05, 3.63) is 58.6 Å². The highest BCUT2D eigenvalue weighted by Gasteiger charge is 2.28. The van der Waals surface area contributed by atoms with Crippen molar-refractivity contribution in [2.45, 2.75) is 24.7 Å². The zero-order chi connectivity index (χ0) is 19.4. The molecule has 2 aromatic carbocycles. The van der Waals surface area contributed by atoms with Crippen molar-refractivity contribution in [1.29, 1.82) is 0 Å². The summed E-state index contributed by atoms with van der Waals surface area (Å²) in [6.07, 6.45) is 1.74. The average molecular weight is 451 g/mol. The fourth-order valence-corrected chi connectivity index (χ4v) is 5.00. The molecule has 1 heterocycles. The van der Waals surface area contributed by atoms with E-state index in [1.165, 1.54) is 10.4 Å². The number of hydrogen-bond acceptors (Lipinski definition) is 4. The number of anilines is 1. The second-order valence-corrected chi connectivity index (χ2v) is 9.76. The summed E-state index contributed by atoms with van der Waals surface area (Å²) in [5, 5.41) is 3.07. The Morgan fingerprint density at radius 3 is 2.56 bits per heavy atom. The van der Waals surface area contributed by atoms with Crippen LogP contribution in [-0.2, 0) is 10.0 Å². The number of nitrogens with zero attached hydrogens (tertiary/aromatic N) is 1. The summed E-state index contributed by atoms with van der Waals surface area (Å²) in [4.78, 5) is 12.7. The predicted molar refractivity (Wildman–Crippen MR) is 111 cm³/mol. The van der Waals surface area contributed by atoms with E-state index in [9.17, 15) is 13.2 Å². The number of carbonyl (C=O) groups is 1. The number of benzene rings is 2. The Bertz CT molecular complexity index is 922. The van der Waals surface area contributed by atoms with E-state index in [0.717, 1.165) is 23.0 Å². The number of piperidine rings is 1. The summed E-state index contributed by atoms with van der Waals surface area (Å²) in [5.41, 5.74) is 1.22. The molecule has 7 heteroatoms. The Morgan fingerprint density at radius 2 is 1.85 bits per heavy atom. The Morgan fingerprint density at radius 1 is 1.15 bits per heavy atom. The van der Waals surface area contributed by atoms with E-state index in [-0.39, 0.29) is 17.2 Å². The van der Waals surface area contributed by atoms with Gasteiger partial charge in [-0.15, -0.1) is 0 Å². The van der Waals surface area contributed by atoms with Gasteiger partial charge in [-0.2, -0.15) is 4.31 Å². The highest BCUT2D eigenvalue weighted by Crippen LogP contribution is 2.24. The second kappa shape index (κ2) is 8.54. The lowest BCUT2D eigenvalue weighted by Gasteiger charge is -2.29. The van der Waals surface area contributed by atoms with E-state index >= 15 is 0 Å².